The Hall–Kier alpha value is -2.02. The van der Waals surface area contributed by atoms with Crippen molar-refractivity contribution in [3.63, 3.8) is 0 Å². The Morgan fingerprint density at radius 2 is 2.10 bits per heavy atom. The van der Waals surface area contributed by atoms with Crippen molar-refractivity contribution < 1.29 is 9.84 Å². The molecule has 2 aromatic rings. The molecule has 4 heteroatoms. The van der Waals surface area contributed by atoms with E-state index >= 15 is 0 Å². The number of hydrogen-bond acceptors (Lipinski definition) is 3. The lowest BCUT2D eigenvalue weighted by molar-refractivity contribution is 0.198. The van der Waals surface area contributed by atoms with Gasteiger partial charge in [0.2, 0.25) is 0 Å². The van der Waals surface area contributed by atoms with Gasteiger partial charge in [0.1, 0.15) is 12.4 Å². The van der Waals surface area contributed by atoms with E-state index in [9.17, 15) is 5.11 Å². The molecule has 1 atom stereocenters. The van der Waals surface area contributed by atoms with Gasteiger partial charge < -0.3 is 9.84 Å². The number of aliphatic hydroxyl groups excluding tert-OH is 1. The van der Waals surface area contributed by atoms with Crippen LogP contribution in [0.2, 0.25) is 5.02 Å². The van der Waals surface area contributed by atoms with Crippen LogP contribution in [0.15, 0.2) is 42.5 Å². The number of ether oxygens (including phenoxy) is 1. The highest BCUT2D eigenvalue weighted by molar-refractivity contribution is 6.31. The van der Waals surface area contributed by atoms with Crippen molar-refractivity contribution >= 4 is 11.6 Å². The van der Waals surface area contributed by atoms with Gasteiger partial charge in [-0.05, 0) is 36.8 Å². The van der Waals surface area contributed by atoms with Crippen LogP contribution in [0.4, 0.5) is 0 Å². The minimum absolute atomic E-state index is 0.313. The maximum absolute atomic E-state index is 9.53. The normalized spacial score (nSPS) is 11.7. The highest BCUT2D eigenvalue weighted by Crippen LogP contribution is 2.22. The van der Waals surface area contributed by atoms with Gasteiger partial charge in [0.15, 0.2) is 0 Å². The molecule has 0 bridgehead atoms. The lowest BCUT2D eigenvalue weighted by Gasteiger charge is -2.10. The second kappa shape index (κ2) is 6.42. The molecular weight excluding hydrogens is 274 g/mol. The molecule has 0 saturated heterocycles. The standard InChI is InChI=1S/C16H14ClNO2/c1-11(19)13-3-2-4-15(8-13)20-10-14-6-5-12(9-18)7-16(14)17/h2-8,11,19H,10H2,1H3/t11-/m1/s1. The Morgan fingerprint density at radius 1 is 1.30 bits per heavy atom. The number of halogens is 1. The summed E-state index contributed by atoms with van der Waals surface area (Å²) in [7, 11) is 0. The van der Waals surface area contributed by atoms with Crippen LogP contribution < -0.4 is 4.74 Å². The Kier molecular flexibility index (Phi) is 4.62. The SMILES string of the molecule is C[C@@H](O)c1cccc(OCc2ccc(C#N)cc2Cl)c1. The lowest BCUT2D eigenvalue weighted by Crippen LogP contribution is -1.98. The van der Waals surface area contributed by atoms with Crippen LogP contribution in [0.1, 0.15) is 29.7 Å². The predicted octanol–water partition coefficient (Wildman–Crippen LogP) is 3.84. The van der Waals surface area contributed by atoms with Crippen LogP contribution in [0.3, 0.4) is 0 Å². The van der Waals surface area contributed by atoms with Crippen LogP contribution in [0.5, 0.6) is 5.75 Å². The number of nitrogens with zero attached hydrogens (tertiary/aromatic N) is 1. The topological polar surface area (TPSA) is 53.2 Å². The summed E-state index contributed by atoms with van der Waals surface area (Å²) >= 11 is 6.09. The van der Waals surface area contributed by atoms with Gasteiger partial charge in [-0.2, -0.15) is 5.26 Å². The summed E-state index contributed by atoms with van der Waals surface area (Å²) in [5, 5.41) is 18.8. The van der Waals surface area contributed by atoms with E-state index in [1.54, 1.807) is 31.2 Å². The van der Waals surface area contributed by atoms with E-state index in [2.05, 4.69) is 0 Å². The molecule has 0 spiro atoms. The molecular formula is C16H14ClNO2. The van der Waals surface area contributed by atoms with Gasteiger partial charge in [-0.25, -0.2) is 0 Å². The van der Waals surface area contributed by atoms with E-state index in [4.69, 9.17) is 21.6 Å². The molecule has 2 rings (SSSR count). The maximum Gasteiger partial charge on any atom is 0.120 e. The molecule has 0 aliphatic carbocycles. The van der Waals surface area contributed by atoms with Crippen molar-refractivity contribution in [2.45, 2.75) is 19.6 Å². The summed E-state index contributed by atoms with van der Waals surface area (Å²) in [6.07, 6.45) is -0.531. The fourth-order valence-corrected chi connectivity index (χ4v) is 1.99. The largest absolute Gasteiger partial charge is 0.489 e. The molecule has 102 valence electrons. The summed E-state index contributed by atoms with van der Waals surface area (Å²) < 4.78 is 5.66. The summed E-state index contributed by atoms with van der Waals surface area (Å²) in [5.41, 5.74) is 2.14. The van der Waals surface area contributed by atoms with Gasteiger partial charge in [-0.15, -0.1) is 0 Å². The molecule has 0 aromatic heterocycles. The fourth-order valence-electron chi connectivity index (χ4n) is 1.76. The van der Waals surface area contributed by atoms with Crippen molar-refractivity contribution in [2.75, 3.05) is 0 Å². The van der Waals surface area contributed by atoms with Crippen LogP contribution in [-0.4, -0.2) is 5.11 Å². The number of rotatable bonds is 4. The van der Waals surface area contributed by atoms with Crippen LogP contribution in [0, 0.1) is 11.3 Å². The zero-order valence-corrected chi connectivity index (χ0v) is 11.8. The van der Waals surface area contributed by atoms with E-state index in [0.29, 0.717) is 22.9 Å². The average molecular weight is 288 g/mol. The lowest BCUT2D eigenvalue weighted by atomic mass is 10.1. The Morgan fingerprint density at radius 3 is 2.75 bits per heavy atom. The Balaban J connectivity index is 2.09. The second-order valence-corrected chi connectivity index (χ2v) is 4.86. The maximum atomic E-state index is 9.53. The predicted molar refractivity (Wildman–Crippen MR) is 77.6 cm³/mol. The Labute approximate surface area is 123 Å². The zero-order chi connectivity index (χ0) is 14.5. The number of aliphatic hydroxyl groups is 1. The molecule has 0 aliphatic heterocycles. The van der Waals surface area contributed by atoms with Crippen LogP contribution in [-0.2, 0) is 6.61 Å². The van der Waals surface area contributed by atoms with E-state index in [1.165, 1.54) is 0 Å². The minimum atomic E-state index is -0.531. The van der Waals surface area contributed by atoms with Crippen molar-refractivity contribution in [1.82, 2.24) is 0 Å². The molecule has 0 amide bonds. The van der Waals surface area contributed by atoms with Crippen LogP contribution in [0.25, 0.3) is 0 Å². The van der Waals surface area contributed by atoms with Crippen LogP contribution >= 0.6 is 11.6 Å². The summed E-state index contributed by atoms with van der Waals surface area (Å²) in [5.74, 6) is 0.670. The summed E-state index contributed by atoms with van der Waals surface area (Å²) in [6.45, 7) is 2.02. The molecule has 0 radical (unpaired) electrons. The third-order valence-electron chi connectivity index (χ3n) is 2.92. The second-order valence-electron chi connectivity index (χ2n) is 4.46. The highest BCUT2D eigenvalue weighted by Gasteiger charge is 2.05. The summed E-state index contributed by atoms with van der Waals surface area (Å²) in [6, 6.07) is 14.4. The van der Waals surface area contributed by atoms with Gasteiger partial charge in [-0.3, -0.25) is 0 Å². The molecule has 0 heterocycles. The van der Waals surface area contributed by atoms with Crippen molar-refractivity contribution in [3.8, 4) is 11.8 Å². The van der Waals surface area contributed by atoms with E-state index in [-0.39, 0.29) is 0 Å². The highest BCUT2D eigenvalue weighted by atomic mass is 35.5. The molecule has 0 aliphatic rings. The fraction of sp³-hybridized carbons (Fsp3) is 0.188. The third kappa shape index (κ3) is 3.51. The smallest absolute Gasteiger partial charge is 0.120 e. The number of benzene rings is 2. The average Bonchev–Trinajstić information content (AvgIpc) is 2.46. The van der Waals surface area contributed by atoms with Crippen molar-refractivity contribution in [1.29, 1.82) is 5.26 Å². The minimum Gasteiger partial charge on any atom is -0.489 e. The van der Waals surface area contributed by atoms with Crippen molar-refractivity contribution in [2.24, 2.45) is 0 Å². The van der Waals surface area contributed by atoms with Gasteiger partial charge in [0, 0.05) is 10.6 Å². The molecule has 2 aromatic carbocycles. The third-order valence-corrected chi connectivity index (χ3v) is 3.27. The van der Waals surface area contributed by atoms with E-state index in [1.807, 2.05) is 24.3 Å². The first-order valence-electron chi connectivity index (χ1n) is 6.19. The molecule has 20 heavy (non-hydrogen) atoms. The molecule has 1 N–H and O–H groups in total. The molecule has 3 nitrogen and oxygen atoms in total. The Bertz CT molecular complexity index is 647. The van der Waals surface area contributed by atoms with Gasteiger partial charge in [-0.1, -0.05) is 29.8 Å². The van der Waals surface area contributed by atoms with Crippen molar-refractivity contribution in [3.05, 3.63) is 64.2 Å². The number of nitriles is 1. The quantitative estimate of drug-likeness (QED) is 0.929. The summed E-state index contributed by atoms with van der Waals surface area (Å²) in [4.78, 5) is 0. The van der Waals surface area contributed by atoms with Gasteiger partial charge in [0.25, 0.3) is 0 Å². The van der Waals surface area contributed by atoms with E-state index < -0.39 is 6.10 Å². The van der Waals surface area contributed by atoms with Gasteiger partial charge >= 0.3 is 0 Å². The zero-order valence-electron chi connectivity index (χ0n) is 11.0. The molecule has 0 saturated carbocycles. The van der Waals surface area contributed by atoms with E-state index in [0.717, 1.165) is 11.1 Å². The first kappa shape index (κ1) is 14.4. The first-order valence-corrected chi connectivity index (χ1v) is 6.57. The first-order chi connectivity index (χ1) is 9.60. The van der Waals surface area contributed by atoms with Gasteiger partial charge in [0.05, 0.1) is 17.7 Å². The number of hydrogen-bond donors (Lipinski definition) is 1. The molecule has 0 fully saturated rings. The molecule has 0 unspecified atom stereocenters. The monoisotopic (exact) mass is 287 g/mol.